The molecule has 16 heavy (non-hydrogen) atoms. The fraction of sp³-hybridized carbons (Fsp3) is 0.125. The summed E-state index contributed by atoms with van der Waals surface area (Å²) in [6, 6.07) is 1.77. The quantitative estimate of drug-likeness (QED) is 0.249. The van der Waals surface area contributed by atoms with Crippen molar-refractivity contribution < 1.29 is 0 Å². The number of hydrogen-bond donors (Lipinski definition) is 3. The second-order valence-corrected chi connectivity index (χ2v) is 4.50. The topological polar surface area (TPSA) is 92.5 Å². The number of aromatic amines is 1. The van der Waals surface area contributed by atoms with E-state index in [0.717, 1.165) is 10.2 Å². The van der Waals surface area contributed by atoms with Crippen LogP contribution in [0.2, 0.25) is 0 Å². The van der Waals surface area contributed by atoms with Gasteiger partial charge in [-0.05, 0) is 18.0 Å². The summed E-state index contributed by atoms with van der Waals surface area (Å²) in [5.41, 5.74) is 2.51. The van der Waals surface area contributed by atoms with Crippen molar-refractivity contribution in [2.45, 2.75) is 15.3 Å². The van der Waals surface area contributed by atoms with Gasteiger partial charge in [-0.1, -0.05) is 11.8 Å². The van der Waals surface area contributed by atoms with E-state index in [1.54, 1.807) is 18.5 Å². The van der Waals surface area contributed by atoms with E-state index in [0.29, 0.717) is 11.0 Å². The first kappa shape index (κ1) is 11.2. The molecule has 0 bridgehead atoms. The van der Waals surface area contributed by atoms with Crippen LogP contribution in [-0.2, 0) is 0 Å². The van der Waals surface area contributed by atoms with Gasteiger partial charge in [-0.3, -0.25) is 0 Å². The fourth-order valence-corrected chi connectivity index (χ4v) is 2.21. The van der Waals surface area contributed by atoms with Gasteiger partial charge in [0.15, 0.2) is 10.3 Å². The molecular formula is C8H10N6S2. The molecule has 0 aliphatic carbocycles. The minimum absolute atomic E-state index is 0.591. The molecule has 2 heterocycles. The summed E-state index contributed by atoms with van der Waals surface area (Å²) >= 11 is 2.89. The number of thioether (sulfide) groups is 1. The number of nitrogens with zero attached hydrogens (tertiary/aromatic N) is 3. The molecule has 0 amide bonds. The summed E-state index contributed by atoms with van der Waals surface area (Å²) in [4.78, 5) is 15.6. The molecule has 0 aromatic carbocycles. The molecule has 0 atom stereocenters. The Morgan fingerprint density at radius 1 is 1.44 bits per heavy atom. The summed E-state index contributed by atoms with van der Waals surface area (Å²) in [5, 5.41) is 2.25. The standard InChI is InChI=1S/C8H10N6S2/c1-15-8-12-5(14-9)4-6(13-8)16-7-10-2-3-11-7/h2-4H,9H2,1H3,(H,10,11)(H,12,13,14). The zero-order chi connectivity index (χ0) is 11.4. The lowest BCUT2D eigenvalue weighted by Crippen LogP contribution is -2.09. The maximum atomic E-state index is 5.33. The highest BCUT2D eigenvalue weighted by molar-refractivity contribution is 7.99. The lowest BCUT2D eigenvalue weighted by molar-refractivity contribution is 0.889. The first-order chi connectivity index (χ1) is 7.81. The van der Waals surface area contributed by atoms with Crippen LogP contribution in [0.3, 0.4) is 0 Å². The number of nitrogens with two attached hydrogens (primary N) is 1. The van der Waals surface area contributed by atoms with Gasteiger partial charge < -0.3 is 10.4 Å². The molecule has 84 valence electrons. The van der Waals surface area contributed by atoms with Crippen LogP contribution in [0.4, 0.5) is 5.82 Å². The fourth-order valence-electron chi connectivity index (χ4n) is 1.03. The zero-order valence-corrected chi connectivity index (χ0v) is 10.1. The van der Waals surface area contributed by atoms with Crippen molar-refractivity contribution in [2.24, 2.45) is 5.84 Å². The Morgan fingerprint density at radius 3 is 2.94 bits per heavy atom. The van der Waals surface area contributed by atoms with Crippen molar-refractivity contribution in [3.8, 4) is 0 Å². The van der Waals surface area contributed by atoms with Crippen LogP contribution in [0, 0.1) is 0 Å². The van der Waals surface area contributed by atoms with E-state index in [4.69, 9.17) is 5.84 Å². The SMILES string of the molecule is CSc1nc(NN)cc(Sc2ncc[nH]2)n1. The van der Waals surface area contributed by atoms with Crippen LogP contribution in [0.25, 0.3) is 0 Å². The van der Waals surface area contributed by atoms with Gasteiger partial charge >= 0.3 is 0 Å². The Balaban J connectivity index is 2.26. The van der Waals surface area contributed by atoms with Crippen molar-refractivity contribution in [1.82, 2.24) is 19.9 Å². The Kier molecular flexibility index (Phi) is 3.65. The number of aromatic nitrogens is 4. The maximum absolute atomic E-state index is 5.33. The first-order valence-corrected chi connectivity index (χ1v) is 6.43. The maximum Gasteiger partial charge on any atom is 0.190 e. The van der Waals surface area contributed by atoms with Gasteiger partial charge in [0, 0.05) is 18.5 Å². The predicted octanol–water partition coefficient (Wildman–Crippen LogP) is 1.36. The number of rotatable bonds is 4. The normalized spacial score (nSPS) is 10.4. The van der Waals surface area contributed by atoms with Crippen molar-refractivity contribution in [3.05, 3.63) is 18.5 Å². The molecule has 8 heteroatoms. The predicted molar refractivity (Wildman–Crippen MR) is 64.3 cm³/mol. The number of nitrogen functional groups attached to an aromatic ring is 1. The van der Waals surface area contributed by atoms with Gasteiger partial charge in [0.1, 0.15) is 10.8 Å². The van der Waals surface area contributed by atoms with Crippen molar-refractivity contribution in [1.29, 1.82) is 0 Å². The number of imidazole rings is 1. The van der Waals surface area contributed by atoms with Crippen molar-refractivity contribution in [3.63, 3.8) is 0 Å². The van der Waals surface area contributed by atoms with Crippen LogP contribution in [0.15, 0.2) is 33.8 Å². The van der Waals surface area contributed by atoms with Crippen LogP contribution < -0.4 is 11.3 Å². The lowest BCUT2D eigenvalue weighted by atomic mass is 10.6. The molecule has 0 saturated carbocycles. The molecule has 2 aromatic heterocycles. The van der Waals surface area contributed by atoms with E-state index in [1.807, 2.05) is 6.26 Å². The molecule has 0 spiro atoms. The van der Waals surface area contributed by atoms with E-state index >= 15 is 0 Å². The molecule has 0 radical (unpaired) electrons. The Hall–Kier alpha value is -1.25. The Morgan fingerprint density at radius 2 is 2.31 bits per heavy atom. The highest BCUT2D eigenvalue weighted by Gasteiger charge is 2.06. The number of hydrogen-bond acceptors (Lipinski definition) is 7. The van der Waals surface area contributed by atoms with Crippen LogP contribution in [0.5, 0.6) is 0 Å². The third-order valence-corrected chi connectivity index (χ3v) is 3.07. The van der Waals surface area contributed by atoms with Crippen LogP contribution in [-0.4, -0.2) is 26.2 Å². The summed E-state index contributed by atoms with van der Waals surface area (Å²) in [6.45, 7) is 0. The highest BCUT2D eigenvalue weighted by Crippen LogP contribution is 2.25. The second kappa shape index (κ2) is 5.19. The smallest absolute Gasteiger partial charge is 0.190 e. The molecule has 2 rings (SSSR count). The summed E-state index contributed by atoms with van der Waals surface area (Å²) in [5.74, 6) is 5.92. The van der Waals surface area contributed by atoms with Crippen LogP contribution in [0.1, 0.15) is 0 Å². The van der Waals surface area contributed by atoms with Gasteiger partial charge in [-0.15, -0.1) is 0 Å². The van der Waals surface area contributed by atoms with E-state index < -0.39 is 0 Å². The third kappa shape index (κ3) is 2.65. The monoisotopic (exact) mass is 254 g/mol. The molecule has 0 aliphatic rings. The van der Waals surface area contributed by atoms with E-state index in [-0.39, 0.29) is 0 Å². The summed E-state index contributed by atoms with van der Waals surface area (Å²) in [7, 11) is 0. The average Bonchev–Trinajstić information content (AvgIpc) is 2.81. The molecule has 0 unspecified atom stereocenters. The number of H-pyrrole nitrogens is 1. The largest absolute Gasteiger partial charge is 0.339 e. The number of hydrazine groups is 1. The van der Waals surface area contributed by atoms with E-state index in [1.165, 1.54) is 23.5 Å². The Labute approximate surface area is 101 Å². The van der Waals surface area contributed by atoms with Gasteiger partial charge in [-0.2, -0.15) is 0 Å². The minimum atomic E-state index is 0.591. The van der Waals surface area contributed by atoms with Gasteiger partial charge in [0.05, 0.1) is 0 Å². The Bertz CT molecular complexity index is 435. The second-order valence-electron chi connectivity index (χ2n) is 2.72. The lowest BCUT2D eigenvalue weighted by Gasteiger charge is -2.04. The molecule has 0 fully saturated rings. The van der Waals surface area contributed by atoms with E-state index in [2.05, 4.69) is 25.4 Å². The van der Waals surface area contributed by atoms with Gasteiger partial charge in [0.2, 0.25) is 0 Å². The zero-order valence-electron chi connectivity index (χ0n) is 8.47. The number of nitrogens with one attached hydrogen (secondary N) is 2. The molecular weight excluding hydrogens is 244 g/mol. The molecule has 6 nitrogen and oxygen atoms in total. The number of anilines is 1. The molecule has 0 aliphatic heterocycles. The highest BCUT2D eigenvalue weighted by atomic mass is 32.2. The van der Waals surface area contributed by atoms with Crippen molar-refractivity contribution in [2.75, 3.05) is 11.7 Å². The van der Waals surface area contributed by atoms with Gasteiger partial charge in [-0.25, -0.2) is 20.8 Å². The molecule has 0 saturated heterocycles. The molecule has 2 aromatic rings. The van der Waals surface area contributed by atoms with Crippen LogP contribution >= 0.6 is 23.5 Å². The summed E-state index contributed by atoms with van der Waals surface area (Å²) in [6.07, 6.45) is 5.37. The molecule has 4 N–H and O–H groups in total. The van der Waals surface area contributed by atoms with Crippen molar-refractivity contribution >= 4 is 29.3 Å². The minimum Gasteiger partial charge on any atom is -0.339 e. The third-order valence-electron chi connectivity index (χ3n) is 1.69. The van der Waals surface area contributed by atoms with E-state index in [9.17, 15) is 0 Å². The first-order valence-electron chi connectivity index (χ1n) is 4.38. The van der Waals surface area contributed by atoms with Gasteiger partial charge in [0.25, 0.3) is 0 Å². The summed E-state index contributed by atoms with van der Waals surface area (Å²) < 4.78 is 0. The average molecular weight is 254 g/mol.